The van der Waals surface area contributed by atoms with Crippen molar-refractivity contribution in [2.45, 2.75) is 19.8 Å². The van der Waals surface area contributed by atoms with E-state index in [2.05, 4.69) is 15.9 Å². The fraction of sp³-hybridized carbons (Fsp3) is 0.235. The normalized spacial score (nSPS) is 13.9. The second-order valence-corrected chi connectivity index (χ2v) is 6.32. The zero-order valence-corrected chi connectivity index (χ0v) is 13.5. The van der Waals surface area contributed by atoms with E-state index in [9.17, 15) is 4.79 Å². The number of anilines is 2. The van der Waals surface area contributed by atoms with Gasteiger partial charge in [0.2, 0.25) is 0 Å². The van der Waals surface area contributed by atoms with Crippen LogP contribution in [0.5, 0.6) is 0 Å². The molecule has 3 rings (SSSR count). The van der Waals surface area contributed by atoms with Gasteiger partial charge in [-0.05, 0) is 61.2 Å². The molecular weight excluding hydrogens is 328 g/mol. The van der Waals surface area contributed by atoms with Gasteiger partial charge in [0.1, 0.15) is 0 Å². The Morgan fingerprint density at radius 3 is 2.81 bits per heavy atom. The second kappa shape index (κ2) is 5.53. The highest BCUT2D eigenvalue weighted by Crippen LogP contribution is 2.31. The Hall–Kier alpha value is -1.81. The Morgan fingerprint density at radius 1 is 1.24 bits per heavy atom. The third-order valence-electron chi connectivity index (χ3n) is 3.89. The topological polar surface area (TPSA) is 46.3 Å². The molecule has 0 radical (unpaired) electrons. The van der Waals surface area contributed by atoms with Crippen LogP contribution in [-0.2, 0) is 6.42 Å². The van der Waals surface area contributed by atoms with Crippen LogP contribution in [0.15, 0.2) is 40.9 Å². The molecule has 1 heterocycles. The van der Waals surface area contributed by atoms with Gasteiger partial charge in [-0.3, -0.25) is 4.79 Å². The molecule has 0 aliphatic carbocycles. The van der Waals surface area contributed by atoms with Crippen LogP contribution in [-0.4, -0.2) is 12.5 Å². The molecule has 0 atom stereocenters. The highest BCUT2D eigenvalue weighted by atomic mass is 79.9. The first-order valence-electron chi connectivity index (χ1n) is 7.02. The summed E-state index contributed by atoms with van der Waals surface area (Å²) in [4.78, 5) is 14.7. The molecule has 0 saturated carbocycles. The molecule has 0 aromatic heterocycles. The van der Waals surface area contributed by atoms with Crippen molar-refractivity contribution in [2.75, 3.05) is 17.2 Å². The molecule has 1 amide bonds. The summed E-state index contributed by atoms with van der Waals surface area (Å²) in [6, 6.07) is 11.6. The Morgan fingerprint density at radius 2 is 2.05 bits per heavy atom. The number of fused-ring (bicyclic) bond motifs is 1. The first-order chi connectivity index (χ1) is 10.1. The second-order valence-electron chi connectivity index (χ2n) is 5.41. The number of halogens is 1. The van der Waals surface area contributed by atoms with Gasteiger partial charge in [-0.2, -0.15) is 0 Å². The summed E-state index contributed by atoms with van der Waals surface area (Å²) in [7, 11) is 0. The van der Waals surface area contributed by atoms with Crippen LogP contribution >= 0.6 is 15.9 Å². The lowest BCUT2D eigenvalue weighted by Gasteiger charge is -2.30. The Kier molecular flexibility index (Phi) is 3.72. The third-order valence-corrected chi connectivity index (χ3v) is 4.39. The molecule has 0 unspecified atom stereocenters. The largest absolute Gasteiger partial charge is 0.399 e. The van der Waals surface area contributed by atoms with E-state index >= 15 is 0 Å². The van der Waals surface area contributed by atoms with Gasteiger partial charge >= 0.3 is 0 Å². The van der Waals surface area contributed by atoms with E-state index in [1.54, 1.807) is 0 Å². The number of nitrogen functional groups attached to an aromatic ring is 1. The summed E-state index contributed by atoms with van der Waals surface area (Å²) < 4.78 is 0.986. The van der Waals surface area contributed by atoms with E-state index in [0.717, 1.165) is 40.7 Å². The van der Waals surface area contributed by atoms with Crippen molar-refractivity contribution in [2.24, 2.45) is 0 Å². The van der Waals surface area contributed by atoms with Crippen molar-refractivity contribution in [3.8, 4) is 0 Å². The van der Waals surface area contributed by atoms with Gasteiger partial charge in [0, 0.05) is 28.0 Å². The van der Waals surface area contributed by atoms with Crippen molar-refractivity contribution in [3.63, 3.8) is 0 Å². The smallest absolute Gasteiger partial charge is 0.258 e. The number of rotatable bonds is 1. The fourth-order valence-corrected chi connectivity index (χ4v) is 3.29. The summed E-state index contributed by atoms with van der Waals surface area (Å²) in [5.41, 5.74) is 10.5. The zero-order chi connectivity index (χ0) is 15.0. The minimum Gasteiger partial charge on any atom is -0.399 e. The van der Waals surface area contributed by atoms with Gasteiger partial charge in [0.05, 0.1) is 0 Å². The number of amides is 1. The van der Waals surface area contributed by atoms with Crippen LogP contribution in [0.1, 0.15) is 27.9 Å². The zero-order valence-electron chi connectivity index (χ0n) is 11.9. The fourth-order valence-electron chi connectivity index (χ4n) is 2.82. The van der Waals surface area contributed by atoms with E-state index in [1.165, 1.54) is 5.56 Å². The van der Waals surface area contributed by atoms with Crippen molar-refractivity contribution < 1.29 is 4.79 Å². The Bertz CT molecular complexity index is 712. The summed E-state index contributed by atoms with van der Waals surface area (Å²) in [5, 5.41) is 0. The Labute approximate surface area is 132 Å². The predicted octanol–water partition coefficient (Wildman–Crippen LogP) is 3.93. The molecule has 0 saturated heterocycles. The highest BCUT2D eigenvalue weighted by molar-refractivity contribution is 9.10. The maximum Gasteiger partial charge on any atom is 0.258 e. The molecule has 2 aromatic carbocycles. The number of nitrogens with zero attached hydrogens (tertiary/aromatic N) is 1. The minimum absolute atomic E-state index is 0.0477. The number of nitrogens with two attached hydrogens (primary N) is 1. The van der Waals surface area contributed by atoms with Crippen molar-refractivity contribution in [1.82, 2.24) is 0 Å². The van der Waals surface area contributed by atoms with Crippen molar-refractivity contribution in [3.05, 3.63) is 57.6 Å². The third kappa shape index (κ3) is 2.68. The molecule has 3 nitrogen and oxygen atoms in total. The maximum atomic E-state index is 12.9. The average molecular weight is 345 g/mol. The number of carbonyl (C=O) groups excluding carboxylic acids is 1. The molecule has 2 N–H and O–H groups in total. The number of carbonyl (C=O) groups is 1. The SMILES string of the molecule is Cc1cc(Br)ccc1C(=O)N1CCCc2ccc(N)cc21. The summed E-state index contributed by atoms with van der Waals surface area (Å²) >= 11 is 3.44. The molecule has 4 heteroatoms. The minimum atomic E-state index is 0.0477. The van der Waals surface area contributed by atoms with E-state index < -0.39 is 0 Å². The number of aryl methyl sites for hydroxylation is 2. The molecule has 21 heavy (non-hydrogen) atoms. The number of hydrogen-bond donors (Lipinski definition) is 1. The van der Waals surface area contributed by atoms with Gasteiger partial charge < -0.3 is 10.6 Å². The van der Waals surface area contributed by atoms with Crippen molar-refractivity contribution >= 4 is 33.2 Å². The van der Waals surface area contributed by atoms with Crippen LogP contribution in [0.25, 0.3) is 0 Å². The first-order valence-corrected chi connectivity index (χ1v) is 7.82. The number of hydrogen-bond acceptors (Lipinski definition) is 2. The van der Waals surface area contributed by atoms with E-state index in [4.69, 9.17) is 5.73 Å². The van der Waals surface area contributed by atoms with Crippen LogP contribution < -0.4 is 10.6 Å². The maximum absolute atomic E-state index is 12.9. The molecular formula is C17H17BrN2O. The molecule has 1 aliphatic rings. The van der Waals surface area contributed by atoms with Gasteiger partial charge in [-0.1, -0.05) is 22.0 Å². The summed E-state index contributed by atoms with van der Waals surface area (Å²) in [5.74, 6) is 0.0477. The lowest BCUT2D eigenvalue weighted by Crippen LogP contribution is -2.35. The lowest BCUT2D eigenvalue weighted by molar-refractivity contribution is 0.0984. The van der Waals surface area contributed by atoms with Crippen LogP contribution in [0.2, 0.25) is 0 Å². The molecule has 1 aliphatic heterocycles. The molecule has 2 aromatic rings. The molecule has 108 valence electrons. The summed E-state index contributed by atoms with van der Waals surface area (Å²) in [6.45, 7) is 2.70. The van der Waals surface area contributed by atoms with E-state index in [-0.39, 0.29) is 5.91 Å². The van der Waals surface area contributed by atoms with E-state index in [1.807, 2.05) is 48.2 Å². The van der Waals surface area contributed by atoms with Crippen LogP contribution in [0.3, 0.4) is 0 Å². The highest BCUT2D eigenvalue weighted by Gasteiger charge is 2.24. The first kappa shape index (κ1) is 14.1. The van der Waals surface area contributed by atoms with Crippen molar-refractivity contribution in [1.29, 1.82) is 0 Å². The van der Waals surface area contributed by atoms with Crippen LogP contribution in [0.4, 0.5) is 11.4 Å². The predicted molar refractivity (Wildman–Crippen MR) is 89.7 cm³/mol. The molecule has 0 fully saturated rings. The van der Waals surface area contributed by atoms with Crippen LogP contribution in [0, 0.1) is 6.92 Å². The molecule has 0 spiro atoms. The monoisotopic (exact) mass is 344 g/mol. The van der Waals surface area contributed by atoms with Gasteiger partial charge in [-0.25, -0.2) is 0 Å². The number of benzene rings is 2. The van der Waals surface area contributed by atoms with Gasteiger partial charge in [0.15, 0.2) is 0 Å². The standard InChI is InChI=1S/C17H17BrN2O/c1-11-9-13(18)5-7-15(11)17(21)20-8-2-3-12-4-6-14(19)10-16(12)20/h4-7,9-10H,2-3,8,19H2,1H3. The van der Waals surface area contributed by atoms with Gasteiger partial charge in [0.25, 0.3) is 5.91 Å². The van der Waals surface area contributed by atoms with E-state index in [0.29, 0.717) is 5.69 Å². The lowest BCUT2D eigenvalue weighted by atomic mass is 9.99. The summed E-state index contributed by atoms with van der Waals surface area (Å²) in [6.07, 6.45) is 1.98. The Balaban J connectivity index is 2.02. The quantitative estimate of drug-likeness (QED) is 0.796. The average Bonchev–Trinajstić information content (AvgIpc) is 2.46. The van der Waals surface area contributed by atoms with Gasteiger partial charge in [-0.15, -0.1) is 0 Å². The molecule has 0 bridgehead atoms.